The Morgan fingerprint density at radius 2 is 1.94 bits per heavy atom. The van der Waals surface area contributed by atoms with Crippen molar-refractivity contribution in [1.29, 1.82) is 0 Å². The topological polar surface area (TPSA) is 47.3 Å². The van der Waals surface area contributed by atoms with Crippen molar-refractivity contribution >= 4 is 0 Å². The molecule has 0 aromatic heterocycles. The number of hydrogen-bond acceptors (Lipinski definition) is 3. The maximum absolute atomic E-state index is 5.98. The van der Waals surface area contributed by atoms with Gasteiger partial charge in [-0.1, -0.05) is 17.7 Å². The third-order valence-electron chi connectivity index (χ3n) is 2.82. The van der Waals surface area contributed by atoms with Crippen LogP contribution in [0.1, 0.15) is 29.7 Å². The van der Waals surface area contributed by atoms with E-state index >= 15 is 0 Å². The van der Waals surface area contributed by atoms with Crippen molar-refractivity contribution < 1.29 is 4.74 Å². The average molecular weight is 222 g/mol. The minimum atomic E-state index is 0.0418. The summed E-state index contributed by atoms with van der Waals surface area (Å²) in [5, 5.41) is 3.24. The fraction of sp³-hybridized carbons (Fsp3) is 0.538. The van der Waals surface area contributed by atoms with Crippen LogP contribution >= 0.6 is 0 Å². The molecule has 2 atom stereocenters. The average Bonchev–Trinajstić information content (AvgIpc) is 2.17. The van der Waals surface area contributed by atoms with Crippen LogP contribution in [0.15, 0.2) is 12.1 Å². The minimum Gasteiger partial charge on any atom is -0.496 e. The van der Waals surface area contributed by atoms with Gasteiger partial charge in [-0.25, -0.2) is 0 Å². The molecule has 1 rings (SSSR count). The summed E-state index contributed by atoms with van der Waals surface area (Å²) in [6, 6.07) is 4.42. The van der Waals surface area contributed by atoms with Crippen molar-refractivity contribution in [3.05, 3.63) is 28.8 Å². The molecule has 0 spiro atoms. The predicted molar refractivity (Wildman–Crippen MR) is 67.9 cm³/mol. The zero-order chi connectivity index (χ0) is 12.3. The van der Waals surface area contributed by atoms with Crippen molar-refractivity contribution in [1.82, 2.24) is 5.32 Å². The van der Waals surface area contributed by atoms with Gasteiger partial charge in [0.05, 0.1) is 13.2 Å². The molecular formula is C13H22N2O. The summed E-state index contributed by atoms with van der Waals surface area (Å²) in [6.07, 6.45) is 0. The number of nitrogens with one attached hydrogen (secondary N) is 1. The molecule has 0 aliphatic carbocycles. The van der Waals surface area contributed by atoms with Gasteiger partial charge in [0.1, 0.15) is 5.75 Å². The summed E-state index contributed by atoms with van der Waals surface area (Å²) >= 11 is 0. The second-order valence-corrected chi connectivity index (χ2v) is 4.33. The normalized spacial score (nSPS) is 14.6. The molecule has 1 aromatic rings. The van der Waals surface area contributed by atoms with Gasteiger partial charge in [0.2, 0.25) is 0 Å². The lowest BCUT2D eigenvalue weighted by atomic mass is 9.96. The Bertz CT molecular complexity index is 361. The third-order valence-corrected chi connectivity index (χ3v) is 2.82. The van der Waals surface area contributed by atoms with Gasteiger partial charge in [-0.3, -0.25) is 0 Å². The Hall–Kier alpha value is -1.06. The standard InChI is InChI=1S/C13H22N2O/c1-8-6-9(2)13(16-5)11(7-8)12(15-4)10(3)14/h6-7,10,12,15H,14H2,1-5H3. The fourth-order valence-corrected chi connectivity index (χ4v) is 2.20. The summed E-state index contributed by atoms with van der Waals surface area (Å²) in [4.78, 5) is 0. The van der Waals surface area contributed by atoms with Crippen molar-refractivity contribution in [2.45, 2.75) is 32.9 Å². The molecule has 3 N–H and O–H groups in total. The van der Waals surface area contributed by atoms with Crippen LogP contribution in [0.25, 0.3) is 0 Å². The highest BCUT2D eigenvalue weighted by Crippen LogP contribution is 2.31. The Labute approximate surface area is 98.0 Å². The van der Waals surface area contributed by atoms with E-state index in [0.29, 0.717) is 0 Å². The van der Waals surface area contributed by atoms with Crippen LogP contribution in [-0.4, -0.2) is 20.2 Å². The number of methoxy groups -OCH3 is 1. The van der Waals surface area contributed by atoms with E-state index in [2.05, 4.69) is 31.3 Å². The first-order valence-electron chi connectivity index (χ1n) is 5.59. The van der Waals surface area contributed by atoms with Gasteiger partial charge in [0.25, 0.3) is 0 Å². The van der Waals surface area contributed by atoms with E-state index in [9.17, 15) is 0 Å². The summed E-state index contributed by atoms with van der Waals surface area (Å²) in [7, 11) is 3.63. The zero-order valence-corrected chi connectivity index (χ0v) is 10.8. The summed E-state index contributed by atoms with van der Waals surface area (Å²) in [5.41, 5.74) is 9.50. The molecule has 90 valence electrons. The molecule has 2 unspecified atom stereocenters. The number of rotatable bonds is 4. The van der Waals surface area contributed by atoms with Crippen LogP contribution in [0.5, 0.6) is 5.75 Å². The summed E-state index contributed by atoms with van der Waals surface area (Å²) in [6.45, 7) is 6.14. The van der Waals surface area contributed by atoms with Crippen LogP contribution in [-0.2, 0) is 0 Å². The van der Waals surface area contributed by atoms with Crippen molar-refractivity contribution in [3.63, 3.8) is 0 Å². The first-order chi connectivity index (χ1) is 7.51. The molecule has 0 saturated heterocycles. The molecule has 0 aliphatic rings. The molecule has 0 saturated carbocycles. The van der Waals surface area contributed by atoms with Crippen LogP contribution in [0.2, 0.25) is 0 Å². The second kappa shape index (κ2) is 5.32. The number of hydrogen-bond donors (Lipinski definition) is 2. The molecule has 0 heterocycles. The molecule has 0 fully saturated rings. The predicted octanol–water partition coefficient (Wildman–Crippen LogP) is 1.92. The second-order valence-electron chi connectivity index (χ2n) is 4.33. The van der Waals surface area contributed by atoms with E-state index in [-0.39, 0.29) is 12.1 Å². The minimum absolute atomic E-state index is 0.0418. The monoisotopic (exact) mass is 222 g/mol. The molecule has 16 heavy (non-hydrogen) atoms. The molecule has 1 aromatic carbocycles. The van der Waals surface area contributed by atoms with E-state index in [1.54, 1.807) is 7.11 Å². The van der Waals surface area contributed by atoms with E-state index in [0.717, 1.165) is 16.9 Å². The van der Waals surface area contributed by atoms with Gasteiger partial charge in [-0.05, 0) is 33.4 Å². The van der Waals surface area contributed by atoms with Gasteiger partial charge in [-0.15, -0.1) is 0 Å². The fourth-order valence-electron chi connectivity index (χ4n) is 2.20. The Balaban J connectivity index is 3.29. The highest BCUT2D eigenvalue weighted by molar-refractivity contribution is 5.46. The van der Waals surface area contributed by atoms with Crippen molar-refractivity contribution in [3.8, 4) is 5.75 Å². The number of likely N-dealkylation sites (N-methyl/N-ethyl adjacent to an activating group) is 1. The smallest absolute Gasteiger partial charge is 0.126 e. The van der Waals surface area contributed by atoms with Gasteiger partial charge < -0.3 is 15.8 Å². The Morgan fingerprint density at radius 1 is 1.31 bits per heavy atom. The molecule has 0 radical (unpaired) electrons. The number of ether oxygens (including phenoxy) is 1. The zero-order valence-electron chi connectivity index (χ0n) is 10.8. The lowest BCUT2D eigenvalue weighted by Gasteiger charge is -2.24. The van der Waals surface area contributed by atoms with Gasteiger partial charge in [-0.2, -0.15) is 0 Å². The highest BCUT2D eigenvalue weighted by Gasteiger charge is 2.19. The number of benzene rings is 1. The molecule has 3 heteroatoms. The van der Waals surface area contributed by atoms with E-state index in [1.165, 1.54) is 5.56 Å². The SMILES string of the molecule is CNC(c1cc(C)cc(C)c1OC)C(C)N. The summed E-state index contributed by atoms with van der Waals surface area (Å²) in [5.74, 6) is 0.933. The third kappa shape index (κ3) is 2.54. The molecular weight excluding hydrogens is 200 g/mol. The molecule has 3 nitrogen and oxygen atoms in total. The Morgan fingerprint density at radius 3 is 2.38 bits per heavy atom. The highest BCUT2D eigenvalue weighted by atomic mass is 16.5. The van der Waals surface area contributed by atoms with Crippen LogP contribution in [0.4, 0.5) is 0 Å². The lowest BCUT2D eigenvalue weighted by molar-refractivity contribution is 0.391. The van der Waals surface area contributed by atoms with E-state index in [4.69, 9.17) is 10.5 Å². The first-order valence-corrected chi connectivity index (χ1v) is 5.59. The van der Waals surface area contributed by atoms with Gasteiger partial charge >= 0.3 is 0 Å². The lowest BCUT2D eigenvalue weighted by Crippen LogP contribution is -2.34. The molecule has 0 aliphatic heterocycles. The first kappa shape index (κ1) is 13.0. The van der Waals surface area contributed by atoms with Gasteiger partial charge in [0.15, 0.2) is 0 Å². The maximum Gasteiger partial charge on any atom is 0.126 e. The number of aryl methyl sites for hydroxylation is 2. The van der Waals surface area contributed by atoms with E-state index < -0.39 is 0 Å². The number of nitrogens with two attached hydrogens (primary N) is 1. The van der Waals surface area contributed by atoms with Crippen LogP contribution in [0.3, 0.4) is 0 Å². The summed E-state index contributed by atoms with van der Waals surface area (Å²) < 4.78 is 5.47. The Kier molecular flexibility index (Phi) is 4.33. The van der Waals surface area contributed by atoms with Crippen LogP contribution < -0.4 is 15.8 Å². The van der Waals surface area contributed by atoms with Crippen LogP contribution in [0, 0.1) is 13.8 Å². The van der Waals surface area contributed by atoms with Crippen molar-refractivity contribution in [2.24, 2.45) is 5.73 Å². The quantitative estimate of drug-likeness (QED) is 0.818. The largest absolute Gasteiger partial charge is 0.496 e. The molecule has 0 amide bonds. The van der Waals surface area contributed by atoms with Gasteiger partial charge in [0, 0.05) is 11.6 Å². The maximum atomic E-state index is 5.98. The van der Waals surface area contributed by atoms with E-state index in [1.807, 2.05) is 14.0 Å². The molecule has 0 bridgehead atoms. The van der Waals surface area contributed by atoms with Crippen molar-refractivity contribution in [2.75, 3.05) is 14.2 Å².